The van der Waals surface area contributed by atoms with Gasteiger partial charge >= 0.3 is 5.63 Å². The molecule has 1 aromatic heterocycles. The van der Waals surface area contributed by atoms with Gasteiger partial charge in [-0.25, -0.2) is 13.2 Å². The quantitative estimate of drug-likeness (QED) is 0.532. The number of thioether (sulfide) groups is 1. The number of rotatable bonds is 4. The Kier molecular flexibility index (Phi) is 4.81. The van der Waals surface area contributed by atoms with Gasteiger partial charge in [-0.2, -0.15) is 0 Å². The van der Waals surface area contributed by atoms with Crippen molar-refractivity contribution in [2.75, 3.05) is 6.26 Å². The molecule has 0 aliphatic rings. The lowest BCUT2D eigenvalue weighted by atomic mass is 10.1. The third-order valence-electron chi connectivity index (χ3n) is 3.54. The number of fused-ring (bicyclic) bond motifs is 1. The van der Waals surface area contributed by atoms with E-state index < -0.39 is 15.5 Å². The van der Waals surface area contributed by atoms with Crippen molar-refractivity contribution in [1.29, 1.82) is 0 Å². The highest BCUT2D eigenvalue weighted by atomic mass is 35.5. The Hall–Kier alpha value is -1.96. The maximum absolute atomic E-state index is 11.7. The van der Waals surface area contributed by atoms with Crippen LogP contribution in [0.4, 0.5) is 0 Å². The molecule has 0 aliphatic carbocycles. The van der Waals surface area contributed by atoms with E-state index in [1.54, 1.807) is 30.3 Å². The number of phenolic OH excluding ortho intramolecular Hbond substituents is 1. The zero-order chi connectivity index (χ0) is 18.2. The van der Waals surface area contributed by atoms with Gasteiger partial charge in [0.05, 0.1) is 9.92 Å². The summed E-state index contributed by atoms with van der Waals surface area (Å²) in [6.07, 6.45) is 1.16. The monoisotopic (exact) mass is 396 g/mol. The second-order valence-electron chi connectivity index (χ2n) is 5.42. The van der Waals surface area contributed by atoms with Crippen LogP contribution in [0.2, 0.25) is 5.02 Å². The lowest BCUT2D eigenvalue weighted by molar-refractivity contribution is 0.473. The van der Waals surface area contributed by atoms with Crippen molar-refractivity contribution in [3.05, 3.63) is 63.5 Å². The number of hydrogen-bond donors (Lipinski definition) is 1. The van der Waals surface area contributed by atoms with Crippen LogP contribution in [0.15, 0.2) is 61.5 Å². The largest absolute Gasteiger partial charge is 0.506 e. The molecule has 2 aromatic carbocycles. The highest BCUT2D eigenvalue weighted by Gasteiger charge is 2.11. The molecule has 0 unspecified atom stereocenters. The van der Waals surface area contributed by atoms with Crippen LogP contribution < -0.4 is 5.63 Å². The number of benzene rings is 2. The summed E-state index contributed by atoms with van der Waals surface area (Å²) in [6.45, 7) is 0. The molecular weight excluding hydrogens is 384 g/mol. The highest BCUT2D eigenvalue weighted by Crippen LogP contribution is 2.32. The minimum absolute atomic E-state index is 0.154. The maximum atomic E-state index is 11.7. The van der Waals surface area contributed by atoms with Crippen molar-refractivity contribution >= 4 is 44.2 Å². The van der Waals surface area contributed by atoms with Crippen molar-refractivity contribution in [2.24, 2.45) is 0 Å². The van der Waals surface area contributed by atoms with Gasteiger partial charge in [0.2, 0.25) is 0 Å². The SMILES string of the molecule is CS(=O)(=O)c1ccc(SCc2cc(=O)oc3cc(O)c(Cl)cc23)cc1. The normalized spacial score (nSPS) is 11.8. The van der Waals surface area contributed by atoms with Crippen LogP contribution in [0.1, 0.15) is 5.56 Å². The summed E-state index contributed by atoms with van der Waals surface area (Å²) in [5.74, 6) is 0.306. The molecule has 25 heavy (non-hydrogen) atoms. The molecule has 0 atom stereocenters. The van der Waals surface area contributed by atoms with Gasteiger partial charge in [-0.1, -0.05) is 11.6 Å². The summed E-state index contributed by atoms with van der Waals surface area (Å²) in [4.78, 5) is 12.8. The Labute approximate surface area is 153 Å². The van der Waals surface area contributed by atoms with Crippen LogP contribution in [0.25, 0.3) is 11.0 Å². The van der Waals surface area contributed by atoms with E-state index in [1.165, 1.54) is 23.9 Å². The summed E-state index contributed by atoms with van der Waals surface area (Å²) in [6, 6.07) is 10.8. The van der Waals surface area contributed by atoms with Crippen LogP contribution in [0.3, 0.4) is 0 Å². The summed E-state index contributed by atoms with van der Waals surface area (Å²) in [5.41, 5.74) is 0.458. The van der Waals surface area contributed by atoms with E-state index in [0.717, 1.165) is 11.2 Å². The molecule has 0 saturated carbocycles. The van der Waals surface area contributed by atoms with E-state index in [4.69, 9.17) is 16.0 Å². The zero-order valence-corrected chi connectivity index (χ0v) is 15.4. The standard InChI is InChI=1S/C17H13ClO5S2/c1-25(21,22)12-4-2-11(3-5-12)24-9-10-6-17(20)23-16-8-15(19)14(18)7-13(10)16/h2-8,19H,9H2,1H3. The fourth-order valence-corrected chi connectivity index (χ4v) is 3.98. The number of halogens is 1. The van der Waals surface area contributed by atoms with E-state index in [2.05, 4.69) is 0 Å². The van der Waals surface area contributed by atoms with Gasteiger partial charge < -0.3 is 9.52 Å². The van der Waals surface area contributed by atoms with Crippen molar-refractivity contribution in [2.45, 2.75) is 15.5 Å². The minimum atomic E-state index is -3.23. The Morgan fingerprint density at radius 3 is 2.48 bits per heavy atom. The Bertz CT molecular complexity index is 1100. The van der Waals surface area contributed by atoms with Gasteiger partial charge in [-0.05, 0) is 35.9 Å². The third kappa shape index (κ3) is 4.00. The van der Waals surface area contributed by atoms with Crippen molar-refractivity contribution in [3.63, 3.8) is 0 Å². The summed E-state index contributed by atoms with van der Waals surface area (Å²) < 4.78 is 28.1. The van der Waals surface area contributed by atoms with E-state index >= 15 is 0 Å². The lowest BCUT2D eigenvalue weighted by Crippen LogP contribution is -2.00. The summed E-state index contributed by atoms with van der Waals surface area (Å²) in [5, 5.41) is 10.5. The van der Waals surface area contributed by atoms with Gasteiger partial charge in [-0.3, -0.25) is 0 Å². The van der Waals surface area contributed by atoms with Crippen molar-refractivity contribution < 1.29 is 17.9 Å². The second-order valence-corrected chi connectivity index (χ2v) is 8.89. The fourth-order valence-electron chi connectivity index (χ4n) is 2.30. The van der Waals surface area contributed by atoms with Crippen LogP contribution in [0, 0.1) is 0 Å². The van der Waals surface area contributed by atoms with Crippen LogP contribution >= 0.6 is 23.4 Å². The average Bonchev–Trinajstić information content (AvgIpc) is 2.54. The topological polar surface area (TPSA) is 84.6 Å². The first kappa shape index (κ1) is 17.8. The van der Waals surface area contributed by atoms with Gasteiger partial charge in [0.15, 0.2) is 9.84 Å². The average molecular weight is 397 g/mol. The molecule has 0 bridgehead atoms. The van der Waals surface area contributed by atoms with E-state index in [1.807, 2.05) is 0 Å². The molecule has 3 aromatic rings. The predicted molar refractivity (Wildman–Crippen MR) is 98.3 cm³/mol. The Morgan fingerprint density at radius 1 is 1.16 bits per heavy atom. The highest BCUT2D eigenvalue weighted by molar-refractivity contribution is 7.98. The molecule has 1 heterocycles. The number of sulfone groups is 1. The van der Waals surface area contributed by atoms with Crippen LogP contribution in [0.5, 0.6) is 5.75 Å². The predicted octanol–water partition coefficient (Wildman–Crippen LogP) is 3.85. The molecule has 0 aliphatic heterocycles. The molecule has 5 nitrogen and oxygen atoms in total. The number of aromatic hydroxyl groups is 1. The second kappa shape index (κ2) is 6.74. The fraction of sp³-hybridized carbons (Fsp3) is 0.118. The first-order valence-corrected chi connectivity index (χ1v) is 10.4. The lowest BCUT2D eigenvalue weighted by Gasteiger charge is -2.07. The Balaban J connectivity index is 1.91. The molecule has 1 N–H and O–H groups in total. The first-order chi connectivity index (χ1) is 11.7. The van der Waals surface area contributed by atoms with E-state index in [-0.39, 0.29) is 21.3 Å². The molecule has 8 heteroatoms. The number of hydrogen-bond acceptors (Lipinski definition) is 6. The van der Waals surface area contributed by atoms with Gasteiger partial charge in [0.25, 0.3) is 0 Å². The van der Waals surface area contributed by atoms with Crippen LogP contribution in [-0.4, -0.2) is 19.8 Å². The van der Waals surface area contributed by atoms with Gasteiger partial charge in [0, 0.05) is 34.4 Å². The molecule has 3 rings (SSSR count). The smallest absolute Gasteiger partial charge is 0.336 e. The summed E-state index contributed by atoms with van der Waals surface area (Å²) >= 11 is 7.39. The minimum Gasteiger partial charge on any atom is -0.506 e. The molecule has 0 saturated heterocycles. The van der Waals surface area contributed by atoms with E-state index in [9.17, 15) is 18.3 Å². The Morgan fingerprint density at radius 2 is 1.84 bits per heavy atom. The molecule has 130 valence electrons. The van der Waals surface area contributed by atoms with Crippen LogP contribution in [-0.2, 0) is 15.6 Å². The van der Waals surface area contributed by atoms with Gasteiger partial charge in [-0.15, -0.1) is 11.8 Å². The third-order valence-corrected chi connectivity index (χ3v) is 6.04. The zero-order valence-electron chi connectivity index (χ0n) is 13.0. The molecule has 0 fully saturated rings. The first-order valence-electron chi connectivity index (χ1n) is 7.12. The molecule has 0 spiro atoms. The molecular formula is C17H13ClO5S2. The van der Waals surface area contributed by atoms with Crippen molar-refractivity contribution in [3.8, 4) is 5.75 Å². The van der Waals surface area contributed by atoms with E-state index in [0.29, 0.717) is 16.7 Å². The van der Waals surface area contributed by atoms with Crippen molar-refractivity contribution in [1.82, 2.24) is 0 Å². The maximum Gasteiger partial charge on any atom is 0.336 e. The number of phenols is 1. The van der Waals surface area contributed by atoms with Gasteiger partial charge in [0.1, 0.15) is 11.3 Å². The molecule has 0 amide bonds. The molecule has 0 radical (unpaired) electrons. The summed E-state index contributed by atoms with van der Waals surface area (Å²) in [7, 11) is -3.23.